The van der Waals surface area contributed by atoms with Crippen LogP contribution in [0.25, 0.3) is 0 Å². The quantitative estimate of drug-likeness (QED) is 0.748. The van der Waals surface area contributed by atoms with Gasteiger partial charge in [0.05, 0.1) is 0 Å². The van der Waals surface area contributed by atoms with Crippen LogP contribution in [0.1, 0.15) is 52.5 Å². The van der Waals surface area contributed by atoms with Crippen LogP contribution in [0.5, 0.6) is 0 Å². The van der Waals surface area contributed by atoms with E-state index in [2.05, 4.69) is 49.5 Å². The smallest absolute Gasteiger partial charge is 0.138 e. The summed E-state index contributed by atoms with van der Waals surface area (Å²) in [5.41, 5.74) is 1.05. The van der Waals surface area contributed by atoms with Crippen LogP contribution in [-0.4, -0.2) is 22.6 Å². The first-order valence-electron chi connectivity index (χ1n) is 6.29. The normalized spacial score (nSPS) is 12.9. The third kappa shape index (κ3) is 3.09. The molecule has 0 fully saturated rings. The second-order valence-corrected chi connectivity index (χ2v) is 4.96. The fraction of sp³-hybridized carbons (Fsp3) is 0.692. The van der Waals surface area contributed by atoms with Gasteiger partial charge in [0, 0.05) is 18.2 Å². The molecule has 0 aromatic carbocycles. The topological polar surface area (TPSA) is 29.0 Å². The van der Waals surface area contributed by atoms with E-state index in [1.54, 1.807) is 6.33 Å². The maximum atomic E-state index is 6.20. The van der Waals surface area contributed by atoms with Gasteiger partial charge in [-0.3, -0.25) is 0 Å². The first-order chi connectivity index (χ1) is 8.02. The molecule has 1 heterocycles. The molecule has 4 heteroatoms. The van der Waals surface area contributed by atoms with Crippen molar-refractivity contribution in [1.82, 2.24) is 9.97 Å². The highest BCUT2D eigenvalue weighted by Crippen LogP contribution is 2.31. The summed E-state index contributed by atoms with van der Waals surface area (Å²) >= 11 is 6.20. The molecule has 1 aromatic rings. The molecule has 0 spiro atoms. The fourth-order valence-electron chi connectivity index (χ4n) is 1.98. The van der Waals surface area contributed by atoms with E-state index in [0.717, 1.165) is 24.3 Å². The van der Waals surface area contributed by atoms with Gasteiger partial charge in [0.1, 0.15) is 17.3 Å². The monoisotopic (exact) mass is 255 g/mol. The average molecular weight is 256 g/mol. The molecule has 0 amide bonds. The summed E-state index contributed by atoms with van der Waals surface area (Å²) in [7, 11) is 0. The van der Waals surface area contributed by atoms with E-state index in [1.165, 1.54) is 0 Å². The number of aromatic nitrogens is 2. The molecule has 0 saturated carbocycles. The predicted octanol–water partition coefficient (Wildman–Crippen LogP) is 3.88. The Kier molecular flexibility index (Phi) is 5.19. The molecule has 1 unspecified atom stereocenters. The van der Waals surface area contributed by atoms with Crippen molar-refractivity contribution < 1.29 is 0 Å². The molecule has 0 aliphatic carbocycles. The SMILES string of the molecule is CCC(C)N(CC)c1ncnc(Cl)c1C(C)C. The van der Waals surface area contributed by atoms with Gasteiger partial charge in [-0.1, -0.05) is 32.4 Å². The summed E-state index contributed by atoms with van der Waals surface area (Å²) < 4.78 is 0. The highest BCUT2D eigenvalue weighted by molar-refractivity contribution is 6.30. The van der Waals surface area contributed by atoms with Crippen LogP contribution in [0.4, 0.5) is 5.82 Å². The Balaban J connectivity index is 3.23. The van der Waals surface area contributed by atoms with Crippen molar-refractivity contribution in [2.24, 2.45) is 0 Å². The average Bonchev–Trinajstić information content (AvgIpc) is 2.29. The molecule has 17 heavy (non-hydrogen) atoms. The third-order valence-electron chi connectivity index (χ3n) is 3.13. The lowest BCUT2D eigenvalue weighted by Gasteiger charge is -2.31. The summed E-state index contributed by atoms with van der Waals surface area (Å²) in [6, 6.07) is 0.462. The van der Waals surface area contributed by atoms with E-state index in [0.29, 0.717) is 17.1 Å². The molecule has 1 aromatic heterocycles. The summed E-state index contributed by atoms with van der Waals surface area (Å²) in [4.78, 5) is 10.8. The molecule has 0 aliphatic heterocycles. The number of halogens is 1. The van der Waals surface area contributed by atoms with Crippen molar-refractivity contribution >= 4 is 17.4 Å². The molecule has 0 radical (unpaired) electrons. The number of hydrogen-bond acceptors (Lipinski definition) is 3. The number of rotatable bonds is 5. The molecule has 0 saturated heterocycles. The molecular weight excluding hydrogens is 234 g/mol. The molecule has 1 rings (SSSR count). The Hall–Kier alpha value is -0.830. The fourth-order valence-corrected chi connectivity index (χ4v) is 2.33. The summed E-state index contributed by atoms with van der Waals surface area (Å²) in [5.74, 6) is 1.31. The van der Waals surface area contributed by atoms with Crippen LogP contribution in [0.3, 0.4) is 0 Å². The predicted molar refractivity (Wildman–Crippen MR) is 73.9 cm³/mol. The van der Waals surface area contributed by atoms with Crippen LogP contribution < -0.4 is 4.90 Å². The van der Waals surface area contributed by atoms with E-state index in [-0.39, 0.29) is 0 Å². The molecule has 0 aliphatic rings. The van der Waals surface area contributed by atoms with Crippen molar-refractivity contribution in [3.8, 4) is 0 Å². The van der Waals surface area contributed by atoms with Gasteiger partial charge in [0.25, 0.3) is 0 Å². The maximum Gasteiger partial charge on any atom is 0.138 e. The van der Waals surface area contributed by atoms with Gasteiger partial charge >= 0.3 is 0 Å². The lowest BCUT2D eigenvalue weighted by molar-refractivity contribution is 0.616. The van der Waals surface area contributed by atoms with Crippen molar-refractivity contribution in [3.63, 3.8) is 0 Å². The second-order valence-electron chi connectivity index (χ2n) is 4.60. The van der Waals surface area contributed by atoms with Crippen LogP contribution in [-0.2, 0) is 0 Å². The van der Waals surface area contributed by atoms with Gasteiger partial charge < -0.3 is 4.90 Å². The molecule has 0 N–H and O–H groups in total. The van der Waals surface area contributed by atoms with Crippen molar-refractivity contribution in [1.29, 1.82) is 0 Å². The van der Waals surface area contributed by atoms with Crippen LogP contribution >= 0.6 is 11.6 Å². The van der Waals surface area contributed by atoms with Gasteiger partial charge in [-0.2, -0.15) is 0 Å². The Morgan fingerprint density at radius 1 is 1.24 bits per heavy atom. The lowest BCUT2D eigenvalue weighted by Crippen LogP contribution is -2.34. The standard InChI is InChI=1S/C13H22ClN3/c1-6-10(5)17(7-2)13-11(9(3)4)12(14)15-8-16-13/h8-10H,6-7H2,1-5H3. The minimum atomic E-state index is 0.330. The van der Waals surface area contributed by atoms with Crippen LogP contribution in [0.15, 0.2) is 6.33 Å². The van der Waals surface area contributed by atoms with Gasteiger partial charge in [0.2, 0.25) is 0 Å². The zero-order valence-corrected chi connectivity index (χ0v) is 12.1. The lowest BCUT2D eigenvalue weighted by atomic mass is 10.0. The molecule has 96 valence electrons. The Morgan fingerprint density at radius 3 is 2.35 bits per heavy atom. The Morgan fingerprint density at radius 2 is 1.88 bits per heavy atom. The van der Waals surface area contributed by atoms with E-state index < -0.39 is 0 Å². The minimum Gasteiger partial charge on any atom is -0.354 e. The molecule has 0 bridgehead atoms. The summed E-state index contributed by atoms with van der Waals surface area (Å²) in [5, 5.41) is 0.576. The van der Waals surface area contributed by atoms with Gasteiger partial charge in [-0.05, 0) is 26.2 Å². The van der Waals surface area contributed by atoms with Crippen molar-refractivity contribution in [3.05, 3.63) is 17.0 Å². The summed E-state index contributed by atoms with van der Waals surface area (Å²) in [6.07, 6.45) is 2.64. The summed E-state index contributed by atoms with van der Waals surface area (Å²) in [6.45, 7) is 11.7. The maximum absolute atomic E-state index is 6.20. The number of nitrogens with zero attached hydrogens (tertiary/aromatic N) is 3. The van der Waals surface area contributed by atoms with Gasteiger partial charge in [-0.25, -0.2) is 9.97 Å². The van der Waals surface area contributed by atoms with E-state index in [4.69, 9.17) is 11.6 Å². The van der Waals surface area contributed by atoms with Crippen molar-refractivity contribution in [2.45, 2.75) is 53.0 Å². The van der Waals surface area contributed by atoms with E-state index in [9.17, 15) is 0 Å². The number of hydrogen-bond donors (Lipinski definition) is 0. The molecule has 1 atom stereocenters. The van der Waals surface area contributed by atoms with E-state index >= 15 is 0 Å². The third-order valence-corrected chi connectivity index (χ3v) is 3.43. The van der Waals surface area contributed by atoms with Crippen LogP contribution in [0.2, 0.25) is 5.15 Å². The van der Waals surface area contributed by atoms with Crippen molar-refractivity contribution in [2.75, 3.05) is 11.4 Å². The first-order valence-corrected chi connectivity index (χ1v) is 6.67. The zero-order chi connectivity index (χ0) is 13.0. The van der Waals surface area contributed by atoms with Gasteiger partial charge in [-0.15, -0.1) is 0 Å². The molecule has 3 nitrogen and oxygen atoms in total. The Labute approximate surface area is 109 Å². The highest BCUT2D eigenvalue weighted by atomic mass is 35.5. The van der Waals surface area contributed by atoms with Gasteiger partial charge in [0.15, 0.2) is 0 Å². The number of anilines is 1. The zero-order valence-electron chi connectivity index (χ0n) is 11.4. The van der Waals surface area contributed by atoms with Crippen LogP contribution in [0, 0.1) is 0 Å². The largest absolute Gasteiger partial charge is 0.354 e. The first kappa shape index (κ1) is 14.2. The highest BCUT2D eigenvalue weighted by Gasteiger charge is 2.20. The molecular formula is C13H22ClN3. The Bertz CT molecular complexity index is 366. The second kappa shape index (κ2) is 6.20. The van der Waals surface area contributed by atoms with E-state index in [1.807, 2.05) is 0 Å². The minimum absolute atomic E-state index is 0.330.